The first-order valence-electron chi connectivity index (χ1n) is 10.8. The smallest absolute Gasteiger partial charge is 0.409 e. The number of aliphatic imine (C=N–C) groups is 1. The lowest BCUT2D eigenvalue weighted by molar-refractivity contribution is 0.0963. The fourth-order valence-corrected chi connectivity index (χ4v) is 4.88. The van der Waals surface area contributed by atoms with E-state index in [1.54, 1.807) is 4.90 Å². The summed E-state index contributed by atoms with van der Waals surface area (Å²) in [4.78, 5) is 22.1. The molecule has 29 heavy (non-hydrogen) atoms. The van der Waals surface area contributed by atoms with Gasteiger partial charge >= 0.3 is 6.09 Å². The molecule has 3 heterocycles. The van der Waals surface area contributed by atoms with Crippen LogP contribution in [0, 0.1) is 5.92 Å². The zero-order valence-corrected chi connectivity index (χ0v) is 18.5. The SMILES string of the molecule is CCOC(=O)N1CCC(NC(=NC)NCC2CCCN(Cc3cccs3)C2)CC1. The molecule has 1 unspecified atom stereocenters. The van der Waals surface area contributed by atoms with Crippen LogP contribution in [0.3, 0.4) is 0 Å². The Hall–Kier alpha value is -1.80. The van der Waals surface area contributed by atoms with Crippen LogP contribution >= 0.6 is 11.3 Å². The zero-order chi connectivity index (χ0) is 20.5. The summed E-state index contributed by atoms with van der Waals surface area (Å²) in [6, 6.07) is 4.70. The third-order valence-electron chi connectivity index (χ3n) is 5.71. The van der Waals surface area contributed by atoms with Crippen molar-refractivity contribution in [3.05, 3.63) is 22.4 Å². The molecule has 1 aromatic heterocycles. The van der Waals surface area contributed by atoms with Crippen molar-refractivity contribution < 1.29 is 9.53 Å². The van der Waals surface area contributed by atoms with Gasteiger partial charge in [0.25, 0.3) is 0 Å². The van der Waals surface area contributed by atoms with Crippen molar-refractivity contribution in [1.29, 1.82) is 0 Å². The molecule has 2 N–H and O–H groups in total. The van der Waals surface area contributed by atoms with Gasteiger partial charge in [-0.3, -0.25) is 9.89 Å². The third-order valence-corrected chi connectivity index (χ3v) is 6.57. The molecule has 7 nitrogen and oxygen atoms in total. The number of piperidine rings is 2. The quantitative estimate of drug-likeness (QED) is 0.546. The maximum Gasteiger partial charge on any atom is 0.409 e. The number of nitrogens with one attached hydrogen (secondary N) is 2. The summed E-state index contributed by atoms with van der Waals surface area (Å²) in [7, 11) is 1.83. The summed E-state index contributed by atoms with van der Waals surface area (Å²) in [5.41, 5.74) is 0. The van der Waals surface area contributed by atoms with E-state index in [9.17, 15) is 4.79 Å². The van der Waals surface area contributed by atoms with Gasteiger partial charge < -0.3 is 20.3 Å². The van der Waals surface area contributed by atoms with Crippen LogP contribution < -0.4 is 10.6 Å². The van der Waals surface area contributed by atoms with E-state index in [2.05, 4.69) is 38.0 Å². The summed E-state index contributed by atoms with van der Waals surface area (Å²) in [6.45, 7) is 8.08. The molecule has 1 atom stereocenters. The van der Waals surface area contributed by atoms with Crippen molar-refractivity contribution in [3.8, 4) is 0 Å². The number of guanidine groups is 1. The van der Waals surface area contributed by atoms with E-state index in [-0.39, 0.29) is 6.09 Å². The van der Waals surface area contributed by atoms with Gasteiger partial charge in [-0.25, -0.2) is 4.79 Å². The van der Waals surface area contributed by atoms with E-state index in [0.717, 1.165) is 51.5 Å². The van der Waals surface area contributed by atoms with Crippen LogP contribution in [0.4, 0.5) is 4.79 Å². The van der Waals surface area contributed by atoms with Crippen molar-refractivity contribution in [2.45, 2.75) is 45.2 Å². The molecule has 1 aromatic rings. The van der Waals surface area contributed by atoms with Crippen LogP contribution in [0.25, 0.3) is 0 Å². The van der Waals surface area contributed by atoms with Crippen molar-refractivity contribution >= 4 is 23.4 Å². The molecule has 0 aromatic carbocycles. The lowest BCUT2D eigenvalue weighted by Crippen LogP contribution is -2.51. The van der Waals surface area contributed by atoms with Gasteiger partial charge in [0, 0.05) is 50.7 Å². The van der Waals surface area contributed by atoms with E-state index < -0.39 is 0 Å². The van der Waals surface area contributed by atoms with Crippen LogP contribution in [-0.4, -0.2) is 74.3 Å². The van der Waals surface area contributed by atoms with Gasteiger partial charge in [-0.2, -0.15) is 0 Å². The molecule has 3 rings (SSSR count). The number of amides is 1. The van der Waals surface area contributed by atoms with E-state index in [1.165, 1.54) is 24.3 Å². The maximum atomic E-state index is 11.8. The van der Waals surface area contributed by atoms with E-state index >= 15 is 0 Å². The van der Waals surface area contributed by atoms with E-state index in [1.807, 2.05) is 25.3 Å². The summed E-state index contributed by atoms with van der Waals surface area (Å²) >= 11 is 1.84. The maximum absolute atomic E-state index is 11.8. The Morgan fingerprint density at radius 2 is 2.14 bits per heavy atom. The van der Waals surface area contributed by atoms with Crippen LogP contribution in [0.15, 0.2) is 22.5 Å². The molecule has 0 bridgehead atoms. The minimum absolute atomic E-state index is 0.196. The van der Waals surface area contributed by atoms with Crippen molar-refractivity contribution in [2.24, 2.45) is 10.9 Å². The molecule has 2 aliphatic rings. The Morgan fingerprint density at radius 3 is 2.83 bits per heavy atom. The van der Waals surface area contributed by atoms with Gasteiger partial charge in [0.15, 0.2) is 5.96 Å². The Kier molecular flexibility index (Phi) is 8.61. The normalized spacial score (nSPS) is 21.8. The first kappa shape index (κ1) is 21.9. The monoisotopic (exact) mass is 421 g/mol. The lowest BCUT2D eigenvalue weighted by atomic mass is 9.98. The number of rotatable bonds is 6. The summed E-state index contributed by atoms with van der Waals surface area (Å²) in [6.07, 6.45) is 4.16. The fraction of sp³-hybridized carbons (Fsp3) is 0.714. The predicted octanol–water partition coefficient (Wildman–Crippen LogP) is 2.75. The summed E-state index contributed by atoms with van der Waals surface area (Å²) in [5.74, 6) is 1.52. The highest BCUT2D eigenvalue weighted by atomic mass is 32.1. The minimum Gasteiger partial charge on any atom is -0.450 e. The molecule has 0 aliphatic carbocycles. The largest absolute Gasteiger partial charge is 0.450 e. The van der Waals surface area contributed by atoms with Crippen LogP contribution in [-0.2, 0) is 11.3 Å². The van der Waals surface area contributed by atoms with Crippen LogP contribution in [0.1, 0.15) is 37.5 Å². The number of ether oxygens (including phenoxy) is 1. The number of nitrogens with zero attached hydrogens (tertiary/aromatic N) is 3. The molecule has 0 spiro atoms. The lowest BCUT2D eigenvalue weighted by Gasteiger charge is -2.34. The van der Waals surface area contributed by atoms with Crippen LogP contribution in [0.2, 0.25) is 0 Å². The minimum atomic E-state index is -0.196. The number of carbonyl (C=O) groups is 1. The topological polar surface area (TPSA) is 69.2 Å². The Balaban J connectivity index is 1.37. The molecule has 2 aliphatic heterocycles. The number of hydrogen-bond acceptors (Lipinski definition) is 5. The number of carbonyl (C=O) groups excluding carboxylic acids is 1. The predicted molar refractivity (Wildman–Crippen MR) is 118 cm³/mol. The number of likely N-dealkylation sites (tertiary alicyclic amines) is 2. The molecular weight excluding hydrogens is 386 g/mol. The third kappa shape index (κ3) is 6.89. The number of thiophene rings is 1. The second-order valence-corrected chi connectivity index (χ2v) is 8.91. The van der Waals surface area contributed by atoms with Gasteiger partial charge in [-0.05, 0) is 56.5 Å². The first-order chi connectivity index (χ1) is 14.2. The zero-order valence-electron chi connectivity index (χ0n) is 17.7. The van der Waals surface area contributed by atoms with E-state index in [4.69, 9.17) is 4.74 Å². The molecule has 2 saturated heterocycles. The summed E-state index contributed by atoms with van der Waals surface area (Å²) in [5, 5.41) is 9.22. The highest BCUT2D eigenvalue weighted by Gasteiger charge is 2.25. The first-order valence-corrected chi connectivity index (χ1v) is 11.7. The Bertz CT molecular complexity index is 644. The van der Waals surface area contributed by atoms with Gasteiger partial charge in [0.05, 0.1) is 6.61 Å². The van der Waals surface area contributed by atoms with Crippen LogP contribution in [0.5, 0.6) is 0 Å². The van der Waals surface area contributed by atoms with E-state index in [0.29, 0.717) is 18.6 Å². The van der Waals surface area contributed by atoms with Crippen molar-refractivity contribution in [2.75, 3.05) is 46.4 Å². The van der Waals surface area contributed by atoms with Gasteiger partial charge in [0.1, 0.15) is 0 Å². The average Bonchev–Trinajstić information content (AvgIpc) is 3.25. The second kappa shape index (κ2) is 11.4. The molecule has 0 radical (unpaired) electrons. The molecule has 8 heteroatoms. The molecule has 162 valence electrons. The Labute approximate surface area is 178 Å². The fourth-order valence-electron chi connectivity index (χ4n) is 4.13. The average molecular weight is 422 g/mol. The van der Waals surface area contributed by atoms with Crippen molar-refractivity contribution in [1.82, 2.24) is 20.4 Å². The number of hydrogen-bond donors (Lipinski definition) is 2. The molecular formula is C21H35N5O2S. The highest BCUT2D eigenvalue weighted by molar-refractivity contribution is 7.09. The van der Waals surface area contributed by atoms with Gasteiger partial charge in [-0.15, -0.1) is 11.3 Å². The summed E-state index contributed by atoms with van der Waals surface area (Å²) < 4.78 is 5.09. The second-order valence-electron chi connectivity index (χ2n) is 7.88. The van der Waals surface area contributed by atoms with Gasteiger partial charge in [0.2, 0.25) is 0 Å². The van der Waals surface area contributed by atoms with Crippen molar-refractivity contribution in [3.63, 3.8) is 0 Å². The highest BCUT2D eigenvalue weighted by Crippen LogP contribution is 2.20. The molecule has 1 amide bonds. The molecule has 2 fully saturated rings. The van der Waals surface area contributed by atoms with Gasteiger partial charge in [-0.1, -0.05) is 6.07 Å². The molecule has 0 saturated carbocycles. The Morgan fingerprint density at radius 1 is 1.31 bits per heavy atom. The standard InChI is InChI=1S/C21H35N5O2S/c1-3-28-21(27)26-11-8-18(9-12-26)24-20(22-2)23-14-17-6-4-10-25(15-17)16-19-7-5-13-29-19/h5,7,13,17-18H,3-4,6,8-12,14-16H2,1-2H3,(H2,22,23,24).